The lowest BCUT2D eigenvalue weighted by Gasteiger charge is -2.49. The summed E-state index contributed by atoms with van der Waals surface area (Å²) in [6.45, 7) is 11.9. The summed E-state index contributed by atoms with van der Waals surface area (Å²) < 4.78 is 64.1. The molecule has 0 amide bonds. The normalized spacial score (nSPS) is 48.7. The molecule has 14 nitrogen and oxygen atoms in total. The maximum absolute atomic E-state index is 14.4. The molecule has 19 atom stereocenters. The van der Waals surface area contributed by atoms with E-state index in [4.69, 9.17) is 47.4 Å². The van der Waals surface area contributed by atoms with Crippen LogP contribution in [0.1, 0.15) is 106 Å². The van der Waals surface area contributed by atoms with Crippen LogP contribution in [-0.2, 0) is 52.2 Å². The molecule has 3 N–H and O–H groups in total. The average molecular weight is 899 g/mol. The van der Waals surface area contributed by atoms with Gasteiger partial charge in [0.2, 0.25) is 0 Å². The standard InChI is InChI=1S/C50H74O14/c1-27-13-12-16-34-26-57-47-42(51)30(4)21-37(50(34,47)54)48(53)60-36-22-35(63-49(25-36)20-19-29(3)45(64-49)33-14-10-9-11-15-33)18-17-28(2)44(27)61-41-24-39(56-8)46(32(6)59-41)62-40-23-38(55-7)43(52)31(5)58-40/h12-13,16-17,19-21,27,29-33,35-36,38-47,51-52,54H,9-11,14-15,18,22-26H2,1-8H3/b13-12?,28-17-,34-16+/t27-,29-,30-,31-,32-,35+,36-,38-,39-,40-,41-,42+,43-,44-,45-,46-,47+,49+,50+/m0/s1. The van der Waals surface area contributed by atoms with E-state index in [1.165, 1.54) is 19.3 Å². The van der Waals surface area contributed by atoms with Gasteiger partial charge >= 0.3 is 5.97 Å². The van der Waals surface area contributed by atoms with Gasteiger partial charge in [0, 0.05) is 57.7 Å². The van der Waals surface area contributed by atoms with E-state index in [-0.39, 0.29) is 42.3 Å². The summed E-state index contributed by atoms with van der Waals surface area (Å²) in [7, 11) is 3.23. The zero-order chi connectivity index (χ0) is 45.5. The largest absolute Gasteiger partial charge is 0.459 e. The van der Waals surface area contributed by atoms with E-state index < -0.39 is 90.8 Å². The molecule has 0 aromatic heterocycles. The van der Waals surface area contributed by atoms with Crippen LogP contribution in [0.5, 0.6) is 0 Å². The summed E-state index contributed by atoms with van der Waals surface area (Å²) >= 11 is 0. The highest BCUT2D eigenvalue weighted by Gasteiger charge is 2.59. The van der Waals surface area contributed by atoms with Crippen LogP contribution in [0.4, 0.5) is 0 Å². The predicted octanol–water partition coefficient (Wildman–Crippen LogP) is 5.91. The van der Waals surface area contributed by atoms with Gasteiger partial charge in [-0.25, -0.2) is 4.79 Å². The van der Waals surface area contributed by atoms with E-state index in [2.05, 4.69) is 32.9 Å². The molecule has 2 aliphatic carbocycles. The highest BCUT2D eigenvalue weighted by molar-refractivity contribution is 5.93. The minimum Gasteiger partial charge on any atom is -0.459 e. The van der Waals surface area contributed by atoms with Gasteiger partial charge in [-0.2, -0.15) is 0 Å². The van der Waals surface area contributed by atoms with E-state index in [1.54, 1.807) is 33.3 Å². The summed E-state index contributed by atoms with van der Waals surface area (Å²) in [6.07, 6.45) is 13.8. The van der Waals surface area contributed by atoms with Gasteiger partial charge in [-0.05, 0) is 63.2 Å². The minimum atomic E-state index is -1.89. The quantitative estimate of drug-likeness (QED) is 0.204. The van der Waals surface area contributed by atoms with Crippen molar-refractivity contribution in [3.63, 3.8) is 0 Å². The number of fused-ring (bicyclic) bond motifs is 2. The molecule has 14 heteroatoms. The lowest BCUT2D eigenvalue weighted by Crippen LogP contribution is -2.56. The van der Waals surface area contributed by atoms with E-state index in [9.17, 15) is 20.1 Å². The number of hydrogen-bond donors (Lipinski definition) is 3. The Morgan fingerprint density at radius 1 is 0.797 bits per heavy atom. The molecule has 6 heterocycles. The van der Waals surface area contributed by atoms with Crippen LogP contribution in [0.3, 0.4) is 0 Å². The number of rotatable bonds is 7. The van der Waals surface area contributed by atoms with Crippen LogP contribution in [0.15, 0.2) is 59.3 Å². The summed E-state index contributed by atoms with van der Waals surface area (Å²) in [6, 6.07) is 0. The van der Waals surface area contributed by atoms with Gasteiger partial charge in [-0.3, -0.25) is 0 Å². The van der Waals surface area contributed by atoms with Gasteiger partial charge in [0.25, 0.3) is 0 Å². The second kappa shape index (κ2) is 20.1. The monoisotopic (exact) mass is 899 g/mol. The molecule has 5 fully saturated rings. The highest BCUT2D eigenvalue weighted by Crippen LogP contribution is 2.47. The lowest BCUT2D eigenvalue weighted by atomic mass is 9.72. The van der Waals surface area contributed by atoms with Crippen LogP contribution >= 0.6 is 0 Å². The summed E-state index contributed by atoms with van der Waals surface area (Å²) in [5, 5.41) is 34.3. The summed E-state index contributed by atoms with van der Waals surface area (Å²) in [5.41, 5.74) is -0.390. The molecule has 64 heavy (non-hydrogen) atoms. The Kier molecular flexibility index (Phi) is 15.1. The zero-order valence-corrected chi connectivity index (χ0v) is 39.0. The van der Waals surface area contributed by atoms with Crippen molar-refractivity contribution >= 4 is 5.97 Å². The fourth-order valence-electron chi connectivity index (χ4n) is 11.6. The third kappa shape index (κ3) is 9.82. The van der Waals surface area contributed by atoms with Gasteiger partial charge in [0.1, 0.15) is 30.0 Å². The van der Waals surface area contributed by atoms with Gasteiger partial charge in [0.15, 0.2) is 18.4 Å². The van der Waals surface area contributed by atoms with Crippen LogP contribution in [-0.4, -0.2) is 139 Å². The molecule has 1 spiro atoms. The highest BCUT2D eigenvalue weighted by atomic mass is 16.7. The summed E-state index contributed by atoms with van der Waals surface area (Å²) in [4.78, 5) is 14.4. The molecular formula is C50H74O14. The Bertz CT molecular complexity index is 1790. The molecule has 8 aliphatic rings. The van der Waals surface area contributed by atoms with Crippen molar-refractivity contribution in [2.24, 2.45) is 23.7 Å². The fourth-order valence-corrected chi connectivity index (χ4v) is 11.6. The minimum absolute atomic E-state index is 0.0260. The first kappa shape index (κ1) is 48.2. The SMILES string of the molecule is CO[C@H]1C[C@H](O[C@H]2[C@H](C)O[C@@H](O[C@@H]3/C(C)=C\C[C@@H]4C[C@@H](C[C@]5(C=C[C@H](C)[C@@H](C6CCCCC6)O5)O4)OC(=O)C4=C[C@H](C)[C@@H](O)[C@H]5OC/C(=C\C=C[C@@H]3C)[C@@]45O)C[C@@H]2OC)O[C@@H](C)[C@@H]1O. The Morgan fingerprint density at radius 3 is 2.27 bits per heavy atom. The second-order valence-electron chi connectivity index (χ2n) is 20.0. The van der Waals surface area contributed by atoms with Gasteiger partial charge < -0.3 is 62.7 Å². The van der Waals surface area contributed by atoms with Crippen molar-refractivity contribution < 1.29 is 67.5 Å². The zero-order valence-electron chi connectivity index (χ0n) is 39.0. The van der Waals surface area contributed by atoms with Crippen LogP contribution in [0.2, 0.25) is 0 Å². The molecule has 0 aromatic carbocycles. The first-order valence-electron chi connectivity index (χ1n) is 24.0. The van der Waals surface area contributed by atoms with Crippen molar-refractivity contribution in [2.45, 2.75) is 203 Å². The van der Waals surface area contributed by atoms with Gasteiger partial charge in [-0.15, -0.1) is 0 Å². The number of esters is 1. The third-order valence-corrected chi connectivity index (χ3v) is 15.4. The Hall–Kier alpha value is -2.31. The number of hydrogen-bond acceptors (Lipinski definition) is 14. The molecule has 358 valence electrons. The van der Waals surface area contributed by atoms with E-state index in [1.807, 2.05) is 32.1 Å². The van der Waals surface area contributed by atoms with Crippen molar-refractivity contribution in [1.82, 2.24) is 0 Å². The van der Waals surface area contributed by atoms with E-state index in [0.29, 0.717) is 43.6 Å². The van der Waals surface area contributed by atoms with Crippen molar-refractivity contribution in [3.8, 4) is 0 Å². The Balaban J connectivity index is 1.08. The van der Waals surface area contributed by atoms with Gasteiger partial charge in [-0.1, -0.05) is 76.5 Å². The van der Waals surface area contributed by atoms with Crippen molar-refractivity contribution in [2.75, 3.05) is 20.8 Å². The molecule has 6 aliphatic heterocycles. The van der Waals surface area contributed by atoms with Crippen LogP contribution in [0, 0.1) is 23.7 Å². The first-order valence-corrected chi connectivity index (χ1v) is 24.0. The maximum Gasteiger partial charge on any atom is 0.337 e. The summed E-state index contributed by atoms with van der Waals surface area (Å²) in [5.74, 6) is -1.75. The number of carbonyl (C=O) groups excluding carboxylic acids is 1. The van der Waals surface area contributed by atoms with E-state index in [0.717, 1.165) is 18.4 Å². The molecule has 0 unspecified atom stereocenters. The molecule has 0 radical (unpaired) electrons. The average Bonchev–Trinajstić information content (AvgIpc) is 3.62. The van der Waals surface area contributed by atoms with Crippen molar-refractivity contribution in [1.29, 1.82) is 0 Å². The molecule has 2 bridgehead atoms. The van der Waals surface area contributed by atoms with Gasteiger partial charge in [0.05, 0.1) is 61.0 Å². The lowest BCUT2D eigenvalue weighted by molar-refractivity contribution is -0.318. The fraction of sp³-hybridized carbons (Fsp3) is 0.780. The Morgan fingerprint density at radius 2 is 1.52 bits per heavy atom. The number of carbonyl (C=O) groups is 1. The number of aliphatic hydroxyl groups excluding tert-OH is 2. The maximum atomic E-state index is 14.4. The number of methoxy groups -OCH3 is 2. The molecule has 0 aromatic rings. The third-order valence-electron chi connectivity index (χ3n) is 15.4. The number of aliphatic hydroxyl groups is 3. The smallest absolute Gasteiger partial charge is 0.337 e. The van der Waals surface area contributed by atoms with Crippen LogP contribution < -0.4 is 0 Å². The topological polar surface area (TPSA) is 170 Å². The second-order valence-corrected chi connectivity index (χ2v) is 20.0. The number of ether oxygens (including phenoxy) is 10. The first-order chi connectivity index (χ1) is 30.6. The predicted molar refractivity (Wildman–Crippen MR) is 234 cm³/mol. The van der Waals surface area contributed by atoms with Crippen LogP contribution in [0.25, 0.3) is 0 Å². The molecule has 1 saturated carbocycles. The number of allylic oxidation sites excluding steroid dienone is 2. The molecular weight excluding hydrogens is 825 g/mol. The molecule has 8 rings (SSSR count). The van der Waals surface area contributed by atoms with E-state index >= 15 is 0 Å². The molecule has 4 saturated heterocycles. The Labute approximate surface area is 379 Å². The van der Waals surface area contributed by atoms with Crippen molar-refractivity contribution in [3.05, 3.63) is 59.3 Å².